The molecule has 0 heterocycles. The summed E-state index contributed by atoms with van der Waals surface area (Å²) >= 11 is 0. The summed E-state index contributed by atoms with van der Waals surface area (Å²) in [6, 6.07) is 5.56. The average Bonchev–Trinajstić information content (AvgIpc) is 2.66. The largest absolute Gasteiger partial charge is 0.573 e. The maximum absolute atomic E-state index is 12.1. The van der Waals surface area contributed by atoms with Crippen LogP contribution in [0.25, 0.3) is 0 Å². The molecule has 0 fully saturated rings. The van der Waals surface area contributed by atoms with E-state index in [1.807, 2.05) is 0 Å². The van der Waals surface area contributed by atoms with Crippen LogP contribution in [0.3, 0.4) is 0 Å². The first-order valence-corrected chi connectivity index (χ1v) is 6.76. The van der Waals surface area contributed by atoms with Crippen molar-refractivity contribution in [3.63, 3.8) is 0 Å². The summed E-state index contributed by atoms with van der Waals surface area (Å²) in [5.41, 5.74) is 8.17. The molecule has 0 spiro atoms. The van der Waals surface area contributed by atoms with Gasteiger partial charge in [-0.1, -0.05) is 30.2 Å². The lowest BCUT2D eigenvalue weighted by Gasteiger charge is -2.16. The van der Waals surface area contributed by atoms with Crippen LogP contribution in [0, 0.1) is 0 Å². The average molecular weight is 285 g/mol. The maximum Gasteiger partial charge on any atom is 0.573 e. The monoisotopic (exact) mass is 285 g/mol. The molecule has 1 aliphatic carbocycles. The van der Waals surface area contributed by atoms with Gasteiger partial charge in [-0.05, 0) is 43.4 Å². The van der Waals surface area contributed by atoms with Crippen molar-refractivity contribution in [1.29, 1.82) is 0 Å². The second kappa shape index (κ2) is 6.31. The normalized spacial score (nSPS) is 18.1. The van der Waals surface area contributed by atoms with Crippen LogP contribution in [0.4, 0.5) is 13.2 Å². The molecule has 2 nitrogen and oxygen atoms in total. The Kier molecular flexibility index (Phi) is 4.70. The van der Waals surface area contributed by atoms with E-state index in [-0.39, 0.29) is 11.8 Å². The number of rotatable bonds is 3. The van der Waals surface area contributed by atoms with E-state index in [0.717, 1.165) is 24.8 Å². The van der Waals surface area contributed by atoms with Crippen LogP contribution in [0.15, 0.2) is 35.9 Å². The molecule has 0 radical (unpaired) electrons. The number of hydrogen-bond donors (Lipinski definition) is 1. The number of benzene rings is 1. The maximum atomic E-state index is 12.1. The molecule has 5 heteroatoms. The first kappa shape index (κ1) is 14.9. The van der Waals surface area contributed by atoms with Gasteiger partial charge in [-0.25, -0.2) is 0 Å². The summed E-state index contributed by atoms with van der Waals surface area (Å²) < 4.78 is 40.1. The second-order valence-corrected chi connectivity index (χ2v) is 4.97. The zero-order valence-electron chi connectivity index (χ0n) is 11.1. The summed E-state index contributed by atoms with van der Waals surface area (Å²) in [4.78, 5) is 0. The van der Waals surface area contributed by atoms with E-state index >= 15 is 0 Å². The Morgan fingerprint density at radius 2 is 1.75 bits per heavy atom. The van der Waals surface area contributed by atoms with Crippen molar-refractivity contribution in [2.24, 2.45) is 5.73 Å². The predicted molar refractivity (Wildman–Crippen MR) is 71.2 cm³/mol. The minimum Gasteiger partial charge on any atom is -0.406 e. The molecule has 20 heavy (non-hydrogen) atoms. The number of hydrogen-bond acceptors (Lipinski definition) is 2. The van der Waals surface area contributed by atoms with E-state index in [1.165, 1.54) is 30.5 Å². The number of nitrogens with two attached hydrogens (primary N) is 1. The summed E-state index contributed by atoms with van der Waals surface area (Å²) in [6.45, 7) is 0. The molecule has 0 aromatic heterocycles. The fraction of sp³-hybridized carbons (Fsp3) is 0.467. The molecule has 1 atom stereocenters. The third-order valence-corrected chi connectivity index (χ3v) is 3.45. The fourth-order valence-electron chi connectivity index (χ4n) is 2.41. The third kappa shape index (κ3) is 4.27. The highest BCUT2D eigenvalue weighted by Gasteiger charge is 2.31. The van der Waals surface area contributed by atoms with Gasteiger partial charge in [0.05, 0.1) is 6.04 Å². The van der Waals surface area contributed by atoms with Crippen LogP contribution in [-0.2, 0) is 0 Å². The lowest BCUT2D eigenvalue weighted by molar-refractivity contribution is -0.274. The van der Waals surface area contributed by atoms with Crippen molar-refractivity contribution in [2.45, 2.75) is 44.5 Å². The summed E-state index contributed by atoms with van der Waals surface area (Å²) in [5.74, 6) is -0.219. The van der Waals surface area contributed by atoms with Crippen LogP contribution in [0.5, 0.6) is 5.75 Å². The van der Waals surface area contributed by atoms with Gasteiger partial charge in [-0.15, -0.1) is 13.2 Å². The summed E-state index contributed by atoms with van der Waals surface area (Å²) in [6.07, 6.45) is 2.99. The molecule has 2 N–H and O–H groups in total. The van der Waals surface area contributed by atoms with Gasteiger partial charge < -0.3 is 10.5 Å². The molecule has 0 saturated carbocycles. The van der Waals surface area contributed by atoms with Gasteiger partial charge in [0.15, 0.2) is 0 Å². The number of ether oxygens (including phenoxy) is 1. The molecule has 0 amide bonds. The SMILES string of the molecule is NC(C1=CCCCCC1)c1ccc(OC(F)(F)F)cc1. The molecule has 0 saturated heterocycles. The molecular formula is C15H18F3NO. The van der Waals surface area contributed by atoms with Crippen LogP contribution >= 0.6 is 0 Å². The molecule has 1 aromatic rings. The Balaban J connectivity index is 2.07. The standard InChI is InChI=1S/C15H18F3NO/c16-15(17,18)20-13-9-7-12(8-10-13)14(19)11-5-3-1-2-4-6-11/h5,7-10,14H,1-4,6,19H2. The molecule has 0 bridgehead atoms. The minimum atomic E-state index is -4.66. The van der Waals surface area contributed by atoms with E-state index in [2.05, 4.69) is 10.8 Å². The first-order chi connectivity index (χ1) is 9.46. The zero-order valence-corrected chi connectivity index (χ0v) is 11.1. The third-order valence-electron chi connectivity index (χ3n) is 3.45. The topological polar surface area (TPSA) is 35.2 Å². The Labute approximate surface area is 116 Å². The molecule has 1 unspecified atom stereocenters. The van der Waals surface area contributed by atoms with Crippen molar-refractivity contribution in [2.75, 3.05) is 0 Å². The quantitative estimate of drug-likeness (QED) is 0.831. The number of allylic oxidation sites excluding steroid dienone is 1. The lowest BCUT2D eigenvalue weighted by atomic mass is 9.96. The van der Waals surface area contributed by atoms with E-state index < -0.39 is 6.36 Å². The predicted octanol–water partition coefficient (Wildman–Crippen LogP) is 4.48. The molecule has 1 aromatic carbocycles. The highest BCUT2D eigenvalue weighted by molar-refractivity contribution is 5.33. The van der Waals surface area contributed by atoms with Gasteiger partial charge >= 0.3 is 6.36 Å². The number of halogens is 3. The van der Waals surface area contributed by atoms with Gasteiger partial charge in [0.2, 0.25) is 0 Å². The van der Waals surface area contributed by atoms with Crippen LogP contribution < -0.4 is 10.5 Å². The van der Waals surface area contributed by atoms with Gasteiger partial charge in [0.1, 0.15) is 5.75 Å². The molecule has 0 aliphatic heterocycles. The zero-order chi connectivity index (χ0) is 14.6. The smallest absolute Gasteiger partial charge is 0.406 e. The van der Waals surface area contributed by atoms with E-state index in [1.54, 1.807) is 12.1 Å². The van der Waals surface area contributed by atoms with E-state index in [9.17, 15) is 13.2 Å². The van der Waals surface area contributed by atoms with Crippen molar-refractivity contribution in [1.82, 2.24) is 0 Å². The molecule has 2 rings (SSSR count). The lowest BCUT2D eigenvalue weighted by Crippen LogP contribution is -2.17. The Morgan fingerprint density at radius 1 is 1.05 bits per heavy atom. The molecular weight excluding hydrogens is 267 g/mol. The van der Waals surface area contributed by atoms with Gasteiger partial charge in [-0.3, -0.25) is 0 Å². The highest BCUT2D eigenvalue weighted by atomic mass is 19.4. The van der Waals surface area contributed by atoms with E-state index in [0.29, 0.717) is 0 Å². The van der Waals surface area contributed by atoms with Crippen LogP contribution in [0.2, 0.25) is 0 Å². The summed E-state index contributed by atoms with van der Waals surface area (Å²) in [5, 5.41) is 0. The summed E-state index contributed by atoms with van der Waals surface area (Å²) in [7, 11) is 0. The highest BCUT2D eigenvalue weighted by Crippen LogP contribution is 2.29. The fourth-order valence-corrected chi connectivity index (χ4v) is 2.41. The van der Waals surface area contributed by atoms with Crippen molar-refractivity contribution in [3.05, 3.63) is 41.5 Å². The van der Waals surface area contributed by atoms with Gasteiger partial charge in [0.25, 0.3) is 0 Å². The Morgan fingerprint density at radius 3 is 2.40 bits per heavy atom. The van der Waals surface area contributed by atoms with Crippen LogP contribution in [0.1, 0.15) is 43.7 Å². The van der Waals surface area contributed by atoms with Gasteiger partial charge in [0, 0.05) is 0 Å². The minimum absolute atomic E-state index is 0.219. The van der Waals surface area contributed by atoms with Crippen LogP contribution in [-0.4, -0.2) is 6.36 Å². The van der Waals surface area contributed by atoms with Gasteiger partial charge in [-0.2, -0.15) is 0 Å². The second-order valence-electron chi connectivity index (χ2n) is 4.97. The molecule has 110 valence electrons. The van der Waals surface area contributed by atoms with Crippen molar-refractivity contribution < 1.29 is 17.9 Å². The first-order valence-electron chi connectivity index (χ1n) is 6.76. The number of alkyl halides is 3. The molecule has 1 aliphatic rings. The van der Waals surface area contributed by atoms with Crippen molar-refractivity contribution >= 4 is 0 Å². The van der Waals surface area contributed by atoms with Crippen molar-refractivity contribution in [3.8, 4) is 5.75 Å². The van der Waals surface area contributed by atoms with E-state index in [4.69, 9.17) is 5.73 Å². The Hall–Kier alpha value is -1.49. The Bertz CT molecular complexity index is 465.